The Hall–Kier alpha value is -2.74. The largest absolute Gasteiger partial charge is 0.493 e. The van der Waals surface area contributed by atoms with Gasteiger partial charge in [0.1, 0.15) is 10.8 Å². The average molecular weight is 344 g/mol. The minimum Gasteiger partial charge on any atom is -0.493 e. The number of ketones is 1. The van der Waals surface area contributed by atoms with Crippen LogP contribution in [0.15, 0.2) is 34.4 Å². The molecule has 0 bridgehead atoms. The van der Waals surface area contributed by atoms with E-state index in [1.54, 1.807) is 18.2 Å². The van der Waals surface area contributed by atoms with Crippen molar-refractivity contribution < 1.29 is 9.53 Å². The number of aromatic nitrogens is 3. The van der Waals surface area contributed by atoms with Crippen molar-refractivity contribution in [2.24, 2.45) is 0 Å². The number of anilines is 1. The maximum absolute atomic E-state index is 12.3. The Kier molecular flexibility index (Phi) is 4.06. The van der Waals surface area contributed by atoms with Crippen LogP contribution in [0.1, 0.15) is 30.3 Å². The number of rotatable bonds is 3. The van der Waals surface area contributed by atoms with Gasteiger partial charge in [0.25, 0.3) is 5.56 Å². The molecule has 7 nitrogen and oxygen atoms in total. The first-order chi connectivity index (χ1) is 11.4. The van der Waals surface area contributed by atoms with Gasteiger partial charge in [0.05, 0.1) is 12.7 Å². The second-order valence-corrected chi connectivity index (χ2v) is 6.55. The van der Waals surface area contributed by atoms with Crippen LogP contribution in [0.4, 0.5) is 5.82 Å². The van der Waals surface area contributed by atoms with Crippen molar-refractivity contribution in [3.05, 3.63) is 50.5 Å². The standard InChI is InChI=1S/C16H16N4O3S/c1-8(2)15-19-20-13(17)10(14(22)18-16(20)24-15)6-9-4-5-11(21)12(7-9)23-3/h4-8H,17H2,1-3H3/b9-6-. The topological polar surface area (TPSA) is 99.6 Å². The van der Waals surface area contributed by atoms with E-state index in [-0.39, 0.29) is 28.8 Å². The lowest BCUT2D eigenvalue weighted by Crippen LogP contribution is -2.17. The van der Waals surface area contributed by atoms with Crippen LogP contribution >= 0.6 is 11.3 Å². The molecule has 0 unspecified atom stereocenters. The monoisotopic (exact) mass is 344 g/mol. The highest BCUT2D eigenvalue weighted by atomic mass is 32.1. The van der Waals surface area contributed by atoms with Crippen LogP contribution in [0.25, 0.3) is 11.0 Å². The molecule has 0 amide bonds. The number of ether oxygens (including phenoxy) is 1. The number of nitrogens with zero attached hydrogens (tertiary/aromatic N) is 3. The van der Waals surface area contributed by atoms with Crippen LogP contribution < -0.4 is 11.3 Å². The molecule has 8 heteroatoms. The summed E-state index contributed by atoms with van der Waals surface area (Å²) < 4.78 is 6.49. The van der Waals surface area contributed by atoms with E-state index in [9.17, 15) is 9.59 Å². The van der Waals surface area contributed by atoms with E-state index in [2.05, 4.69) is 10.1 Å². The molecule has 2 N–H and O–H groups in total. The van der Waals surface area contributed by atoms with E-state index in [1.165, 1.54) is 29.0 Å². The molecule has 2 aromatic rings. The van der Waals surface area contributed by atoms with Gasteiger partial charge in [-0.25, -0.2) is 0 Å². The van der Waals surface area contributed by atoms with Gasteiger partial charge < -0.3 is 10.5 Å². The van der Waals surface area contributed by atoms with Gasteiger partial charge in [0.2, 0.25) is 10.7 Å². The summed E-state index contributed by atoms with van der Waals surface area (Å²) in [5, 5.41) is 5.27. The van der Waals surface area contributed by atoms with Crippen molar-refractivity contribution >= 4 is 34.0 Å². The zero-order valence-corrected chi connectivity index (χ0v) is 14.3. The molecule has 0 fully saturated rings. The molecule has 1 aliphatic carbocycles. The van der Waals surface area contributed by atoms with E-state index in [0.29, 0.717) is 10.5 Å². The number of allylic oxidation sites excluding steroid dienone is 4. The lowest BCUT2D eigenvalue weighted by molar-refractivity contribution is -0.114. The minimum absolute atomic E-state index is 0.201. The predicted molar refractivity (Wildman–Crippen MR) is 92.9 cm³/mol. The van der Waals surface area contributed by atoms with Gasteiger partial charge in [-0.1, -0.05) is 31.3 Å². The maximum Gasteiger partial charge on any atom is 0.283 e. The summed E-state index contributed by atoms with van der Waals surface area (Å²) in [6, 6.07) is 0. The van der Waals surface area contributed by atoms with Gasteiger partial charge in [-0.15, -0.1) is 0 Å². The normalized spacial score (nSPS) is 16.2. The van der Waals surface area contributed by atoms with Crippen molar-refractivity contribution in [3.8, 4) is 0 Å². The smallest absolute Gasteiger partial charge is 0.283 e. The fourth-order valence-electron chi connectivity index (χ4n) is 2.21. The first-order valence-corrected chi connectivity index (χ1v) is 8.11. The van der Waals surface area contributed by atoms with Gasteiger partial charge in [-0.3, -0.25) is 9.59 Å². The third kappa shape index (κ3) is 2.76. The van der Waals surface area contributed by atoms with Crippen molar-refractivity contribution in [3.63, 3.8) is 0 Å². The molecular weight excluding hydrogens is 328 g/mol. The Morgan fingerprint density at radius 1 is 1.33 bits per heavy atom. The average Bonchev–Trinajstić information content (AvgIpc) is 2.97. The lowest BCUT2D eigenvalue weighted by Gasteiger charge is -2.08. The number of fused-ring (bicyclic) bond motifs is 1. The van der Waals surface area contributed by atoms with Crippen molar-refractivity contribution in [2.45, 2.75) is 19.8 Å². The number of nitrogens with two attached hydrogens (primary N) is 1. The highest BCUT2D eigenvalue weighted by Gasteiger charge is 2.16. The van der Waals surface area contributed by atoms with Gasteiger partial charge in [0.15, 0.2) is 5.76 Å². The van der Waals surface area contributed by atoms with E-state index in [1.807, 2.05) is 13.8 Å². The Bertz CT molecular complexity index is 979. The minimum atomic E-state index is -0.434. The molecule has 0 saturated carbocycles. The van der Waals surface area contributed by atoms with Crippen LogP contribution in [0.5, 0.6) is 0 Å². The van der Waals surface area contributed by atoms with E-state index < -0.39 is 5.56 Å². The summed E-state index contributed by atoms with van der Waals surface area (Å²) in [4.78, 5) is 28.4. The SMILES string of the molecule is COC1=C/C(=C\c2c(N)n3nc(C(C)C)sc3nc2=O)C=CC1=O. The number of methoxy groups -OCH3 is 1. The fourth-order valence-corrected chi connectivity index (χ4v) is 3.11. The predicted octanol–water partition coefficient (Wildman–Crippen LogP) is 1.91. The van der Waals surface area contributed by atoms with Crippen LogP contribution in [-0.2, 0) is 9.53 Å². The van der Waals surface area contributed by atoms with Crippen LogP contribution in [0, 0.1) is 0 Å². The summed E-state index contributed by atoms with van der Waals surface area (Å²) >= 11 is 1.34. The number of hydrogen-bond acceptors (Lipinski definition) is 7. The molecule has 2 aromatic heterocycles. The third-order valence-corrected chi connectivity index (χ3v) is 4.71. The van der Waals surface area contributed by atoms with Crippen molar-refractivity contribution in [2.75, 3.05) is 12.8 Å². The zero-order chi connectivity index (χ0) is 17.4. The Labute approximate surface area is 141 Å². The highest BCUT2D eigenvalue weighted by Crippen LogP contribution is 2.24. The van der Waals surface area contributed by atoms with Crippen molar-refractivity contribution in [1.29, 1.82) is 0 Å². The lowest BCUT2D eigenvalue weighted by atomic mass is 10.0. The molecule has 2 heterocycles. The number of carbonyl (C=O) groups excluding carboxylic acids is 1. The van der Waals surface area contributed by atoms with Crippen molar-refractivity contribution in [1.82, 2.24) is 14.6 Å². The van der Waals surface area contributed by atoms with Crippen LogP contribution in [-0.4, -0.2) is 27.5 Å². The van der Waals surface area contributed by atoms with Crippen LogP contribution in [0.3, 0.4) is 0 Å². The van der Waals surface area contributed by atoms with Gasteiger partial charge in [-0.05, 0) is 23.8 Å². The molecule has 3 rings (SSSR count). The molecule has 0 saturated heterocycles. The third-order valence-electron chi connectivity index (χ3n) is 3.50. The number of nitrogen functional groups attached to an aromatic ring is 1. The summed E-state index contributed by atoms with van der Waals surface area (Å²) in [5.41, 5.74) is 6.54. The summed E-state index contributed by atoms with van der Waals surface area (Å²) in [6.45, 7) is 4.02. The molecule has 24 heavy (non-hydrogen) atoms. The maximum atomic E-state index is 12.3. The van der Waals surface area contributed by atoms with E-state index >= 15 is 0 Å². The zero-order valence-electron chi connectivity index (χ0n) is 13.4. The molecular formula is C16H16N4O3S. The van der Waals surface area contributed by atoms with Gasteiger partial charge in [-0.2, -0.15) is 14.6 Å². The molecule has 0 aromatic carbocycles. The highest BCUT2D eigenvalue weighted by molar-refractivity contribution is 7.16. The summed E-state index contributed by atoms with van der Waals surface area (Å²) in [7, 11) is 1.42. The first-order valence-electron chi connectivity index (χ1n) is 7.29. The summed E-state index contributed by atoms with van der Waals surface area (Å²) in [5.74, 6) is 0.409. The Morgan fingerprint density at radius 2 is 2.08 bits per heavy atom. The molecule has 0 atom stereocenters. The van der Waals surface area contributed by atoms with Crippen LogP contribution in [0.2, 0.25) is 0 Å². The Morgan fingerprint density at radius 3 is 2.75 bits per heavy atom. The van der Waals surface area contributed by atoms with E-state index in [0.717, 1.165) is 5.01 Å². The van der Waals surface area contributed by atoms with E-state index in [4.69, 9.17) is 10.5 Å². The molecule has 124 valence electrons. The summed E-state index contributed by atoms with van der Waals surface area (Å²) in [6.07, 6.45) is 6.10. The molecule has 1 aliphatic rings. The molecule has 0 radical (unpaired) electrons. The second-order valence-electron chi connectivity index (χ2n) is 5.56. The van der Waals surface area contributed by atoms with Gasteiger partial charge in [0, 0.05) is 5.92 Å². The Balaban J connectivity index is 2.15. The quantitative estimate of drug-likeness (QED) is 0.913. The number of hydrogen-bond donors (Lipinski definition) is 1. The first kappa shape index (κ1) is 16.1. The van der Waals surface area contributed by atoms with Gasteiger partial charge >= 0.3 is 0 Å². The molecule has 0 spiro atoms. The number of carbonyl (C=O) groups is 1. The fraction of sp³-hybridized carbons (Fsp3) is 0.250. The second kappa shape index (κ2) is 6.04. The molecule has 0 aliphatic heterocycles.